The van der Waals surface area contributed by atoms with Gasteiger partial charge >= 0.3 is 6.09 Å². The number of furan rings is 1. The van der Waals surface area contributed by atoms with Gasteiger partial charge in [0.2, 0.25) is 0 Å². The van der Waals surface area contributed by atoms with E-state index < -0.39 is 12.0 Å². The molecule has 0 aliphatic rings. The molecule has 6 nitrogen and oxygen atoms in total. The van der Waals surface area contributed by atoms with Gasteiger partial charge in [-0.2, -0.15) is 0 Å². The van der Waals surface area contributed by atoms with Crippen LogP contribution in [0.15, 0.2) is 28.9 Å². The van der Waals surface area contributed by atoms with Gasteiger partial charge in [0.05, 0.1) is 12.9 Å². The monoisotopic (exact) mass is 266 g/mol. The molecule has 0 aliphatic carbocycles. The van der Waals surface area contributed by atoms with Gasteiger partial charge in [-0.05, 0) is 24.6 Å². The molecule has 0 spiro atoms. The highest BCUT2D eigenvalue weighted by atomic mass is 16.6. The fraction of sp³-hybridized carbons (Fsp3) is 0.385. The summed E-state index contributed by atoms with van der Waals surface area (Å²) >= 11 is 0. The molecule has 19 heavy (non-hydrogen) atoms. The second kappa shape index (κ2) is 8.79. The van der Waals surface area contributed by atoms with Gasteiger partial charge < -0.3 is 9.15 Å². The number of hydrazine groups is 1. The minimum atomic E-state index is -0.671. The van der Waals surface area contributed by atoms with Crippen molar-refractivity contribution in [2.75, 3.05) is 6.61 Å². The van der Waals surface area contributed by atoms with E-state index in [-0.39, 0.29) is 0 Å². The topological polar surface area (TPSA) is 80.6 Å². The first-order valence-corrected chi connectivity index (χ1v) is 6.16. The molecule has 104 valence electrons. The number of carbonyl (C=O) groups excluding carboxylic acids is 2. The largest absolute Gasteiger partial charge is 0.465 e. The summed E-state index contributed by atoms with van der Waals surface area (Å²) in [5.41, 5.74) is 4.34. The summed E-state index contributed by atoms with van der Waals surface area (Å²) in [6.45, 7) is 2.41. The third-order valence-electron chi connectivity index (χ3n) is 2.21. The van der Waals surface area contributed by atoms with E-state index in [0.717, 1.165) is 19.3 Å². The van der Waals surface area contributed by atoms with Crippen LogP contribution in [0.25, 0.3) is 6.08 Å². The van der Waals surface area contributed by atoms with Crippen LogP contribution in [-0.4, -0.2) is 18.6 Å². The van der Waals surface area contributed by atoms with E-state index >= 15 is 0 Å². The molecule has 2 N–H and O–H groups in total. The first kappa shape index (κ1) is 14.8. The van der Waals surface area contributed by atoms with E-state index in [1.807, 2.05) is 0 Å². The van der Waals surface area contributed by atoms with Crippen molar-refractivity contribution in [2.45, 2.75) is 26.2 Å². The van der Waals surface area contributed by atoms with Crippen LogP contribution in [0.1, 0.15) is 31.9 Å². The third kappa shape index (κ3) is 6.92. The van der Waals surface area contributed by atoms with Crippen LogP contribution in [0, 0.1) is 0 Å². The maximum atomic E-state index is 11.3. The van der Waals surface area contributed by atoms with Crippen LogP contribution in [0.3, 0.4) is 0 Å². The van der Waals surface area contributed by atoms with Crippen molar-refractivity contribution < 1.29 is 18.7 Å². The molecule has 1 rings (SSSR count). The zero-order valence-electron chi connectivity index (χ0n) is 10.8. The number of rotatable bonds is 6. The molecule has 0 bridgehead atoms. The van der Waals surface area contributed by atoms with Crippen molar-refractivity contribution in [1.29, 1.82) is 0 Å². The Morgan fingerprint density at radius 3 is 2.89 bits per heavy atom. The minimum absolute atomic E-state index is 0.345. The fourth-order valence-electron chi connectivity index (χ4n) is 1.25. The maximum absolute atomic E-state index is 11.3. The number of nitrogens with one attached hydrogen (secondary N) is 2. The zero-order chi connectivity index (χ0) is 13.9. The Morgan fingerprint density at radius 2 is 2.21 bits per heavy atom. The Balaban J connectivity index is 2.14. The molecule has 0 radical (unpaired) electrons. The molecular weight excluding hydrogens is 248 g/mol. The van der Waals surface area contributed by atoms with E-state index in [4.69, 9.17) is 9.15 Å². The van der Waals surface area contributed by atoms with E-state index in [0.29, 0.717) is 12.4 Å². The molecule has 0 aromatic carbocycles. The smallest absolute Gasteiger partial charge is 0.426 e. The lowest BCUT2D eigenvalue weighted by Crippen LogP contribution is -2.41. The summed E-state index contributed by atoms with van der Waals surface area (Å²) in [7, 11) is 0. The molecule has 1 heterocycles. The summed E-state index contributed by atoms with van der Waals surface area (Å²) in [5, 5.41) is 0. The number of carbonyl (C=O) groups is 2. The Kier molecular flexibility index (Phi) is 6.86. The summed E-state index contributed by atoms with van der Waals surface area (Å²) in [5.74, 6) is 0.0826. The highest BCUT2D eigenvalue weighted by Gasteiger charge is 2.02. The number of ether oxygens (including phenoxy) is 1. The van der Waals surface area contributed by atoms with Crippen LogP contribution in [0.2, 0.25) is 0 Å². The van der Waals surface area contributed by atoms with Crippen LogP contribution < -0.4 is 10.9 Å². The van der Waals surface area contributed by atoms with Crippen molar-refractivity contribution in [3.8, 4) is 0 Å². The van der Waals surface area contributed by atoms with E-state index in [9.17, 15) is 9.59 Å². The Hall–Kier alpha value is -2.24. The highest BCUT2D eigenvalue weighted by Crippen LogP contribution is 2.01. The Bertz CT molecular complexity index is 412. The average Bonchev–Trinajstić information content (AvgIpc) is 2.92. The lowest BCUT2D eigenvalue weighted by atomic mass is 10.3. The highest BCUT2D eigenvalue weighted by molar-refractivity contribution is 5.92. The van der Waals surface area contributed by atoms with Crippen LogP contribution >= 0.6 is 0 Å². The molecule has 1 aromatic heterocycles. The fourth-order valence-corrected chi connectivity index (χ4v) is 1.25. The molecule has 6 heteroatoms. The molecule has 1 aromatic rings. The predicted octanol–water partition coefficient (Wildman–Crippen LogP) is 2.24. The van der Waals surface area contributed by atoms with E-state index in [1.54, 1.807) is 12.1 Å². The lowest BCUT2D eigenvalue weighted by Gasteiger charge is -2.06. The zero-order valence-corrected chi connectivity index (χ0v) is 10.8. The first-order valence-electron chi connectivity index (χ1n) is 6.16. The molecular formula is C13H18N2O4. The molecule has 0 saturated carbocycles. The van der Waals surface area contributed by atoms with Crippen LogP contribution in [0.4, 0.5) is 4.79 Å². The number of hydrogen-bond donors (Lipinski definition) is 2. The Labute approximate surface area is 111 Å². The van der Waals surface area contributed by atoms with Crippen molar-refractivity contribution >= 4 is 18.1 Å². The summed E-state index contributed by atoms with van der Waals surface area (Å²) in [6, 6.07) is 3.42. The summed E-state index contributed by atoms with van der Waals surface area (Å²) in [6.07, 6.45) is 6.44. The minimum Gasteiger partial charge on any atom is -0.465 e. The standard InChI is InChI=1S/C13H18N2O4/c1-2-3-4-9-19-13(17)15-14-12(16)8-7-11-6-5-10-18-11/h5-8,10H,2-4,9H2,1H3,(H,14,16)(H,15,17)/b8-7+. The van der Waals surface area contributed by atoms with Gasteiger partial charge in [-0.3, -0.25) is 10.2 Å². The molecule has 0 atom stereocenters. The van der Waals surface area contributed by atoms with Crippen molar-refractivity contribution in [2.24, 2.45) is 0 Å². The quantitative estimate of drug-likeness (QED) is 0.470. The average molecular weight is 266 g/mol. The van der Waals surface area contributed by atoms with Crippen LogP contribution in [0.5, 0.6) is 0 Å². The lowest BCUT2D eigenvalue weighted by molar-refractivity contribution is -0.117. The Morgan fingerprint density at radius 1 is 1.37 bits per heavy atom. The first-order chi connectivity index (χ1) is 9.22. The second-order valence-corrected chi connectivity index (χ2v) is 3.81. The van der Waals surface area contributed by atoms with Gasteiger partial charge in [0, 0.05) is 6.08 Å². The van der Waals surface area contributed by atoms with Crippen molar-refractivity contribution in [3.63, 3.8) is 0 Å². The van der Waals surface area contributed by atoms with E-state index in [2.05, 4.69) is 17.8 Å². The van der Waals surface area contributed by atoms with Gasteiger partial charge in [-0.1, -0.05) is 19.8 Å². The number of unbranched alkanes of at least 4 members (excludes halogenated alkanes) is 2. The van der Waals surface area contributed by atoms with Gasteiger partial charge in [-0.25, -0.2) is 10.2 Å². The van der Waals surface area contributed by atoms with Gasteiger partial charge in [-0.15, -0.1) is 0 Å². The van der Waals surface area contributed by atoms with Gasteiger partial charge in [0.25, 0.3) is 5.91 Å². The molecule has 0 saturated heterocycles. The maximum Gasteiger partial charge on any atom is 0.426 e. The third-order valence-corrected chi connectivity index (χ3v) is 2.21. The second-order valence-electron chi connectivity index (χ2n) is 3.81. The SMILES string of the molecule is CCCCCOC(=O)NNC(=O)/C=C/c1ccco1. The predicted molar refractivity (Wildman–Crippen MR) is 69.9 cm³/mol. The van der Waals surface area contributed by atoms with Crippen LogP contribution in [-0.2, 0) is 9.53 Å². The summed E-state index contributed by atoms with van der Waals surface area (Å²) < 4.78 is 9.84. The van der Waals surface area contributed by atoms with E-state index in [1.165, 1.54) is 18.4 Å². The number of hydrogen-bond acceptors (Lipinski definition) is 4. The van der Waals surface area contributed by atoms with Gasteiger partial charge in [0.1, 0.15) is 5.76 Å². The number of amides is 2. The molecule has 0 aliphatic heterocycles. The van der Waals surface area contributed by atoms with Crippen molar-refractivity contribution in [1.82, 2.24) is 10.9 Å². The molecule has 0 fully saturated rings. The molecule has 0 unspecified atom stereocenters. The normalized spacial score (nSPS) is 10.4. The molecule has 2 amide bonds. The van der Waals surface area contributed by atoms with Crippen molar-refractivity contribution in [3.05, 3.63) is 30.2 Å². The summed E-state index contributed by atoms with van der Waals surface area (Å²) in [4.78, 5) is 22.5. The van der Waals surface area contributed by atoms with Gasteiger partial charge in [0.15, 0.2) is 0 Å².